The number of piperidine rings is 1. The lowest BCUT2D eigenvalue weighted by atomic mass is 9.94. The monoisotopic (exact) mass is 446 g/mol. The van der Waals surface area contributed by atoms with Crippen molar-refractivity contribution in [2.45, 2.75) is 45.1 Å². The Morgan fingerprint density at radius 1 is 1.03 bits per heavy atom. The normalized spacial score (nSPS) is 23.7. The highest BCUT2D eigenvalue weighted by Gasteiger charge is 2.40. The Bertz CT molecular complexity index is 797. The topological polar surface area (TPSA) is 102 Å². The molecule has 0 radical (unpaired) electrons. The summed E-state index contributed by atoms with van der Waals surface area (Å²) in [5, 5.41) is 23.0. The van der Waals surface area contributed by atoms with E-state index in [1.54, 1.807) is 0 Å². The summed E-state index contributed by atoms with van der Waals surface area (Å²) in [6.07, 6.45) is -3.40. The Morgan fingerprint density at radius 3 is 1.94 bits per heavy atom. The van der Waals surface area contributed by atoms with Crippen LogP contribution in [0, 0.1) is 26.1 Å². The van der Waals surface area contributed by atoms with Gasteiger partial charge in [0.15, 0.2) is 5.69 Å². The minimum absolute atomic E-state index is 0.126. The van der Waals surface area contributed by atoms with Crippen molar-refractivity contribution in [2.75, 3.05) is 37.6 Å². The number of anilines is 1. The van der Waals surface area contributed by atoms with Crippen LogP contribution >= 0.6 is 0 Å². The molecule has 9 nitrogen and oxygen atoms in total. The SMILES string of the molecule is CC1CN(CC2CCN(c3c([N+](=O)[O-])cc(C(F)(F)F)cc3[N+](=O)[O-])CC2)CC(C)O1. The van der Waals surface area contributed by atoms with Gasteiger partial charge in [-0.2, -0.15) is 13.2 Å². The van der Waals surface area contributed by atoms with Crippen LogP contribution in [-0.2, 0) is 10.9 Å². The van der Waals surface area contributed by atoms with Crippen LogP contribution in [0.25, 0.3) is 0 Å². The number of halogens is 3. The van der Waals surface area contributed by atoms with Crippen LogP contribution in [0.1, 0.15) is 32.3 Å². The van der Waals surface area contributed by atoms with Gasteiger partial charge in [-0.25, -0.2) is 0 Å². The van der Waals surface area contributed by atoms with Crippen LogP contribution in [0.4, 0.5) is 30.2 Å². The van der Waals surface area contributed by atoms with Gasteiger partial charge >= 0.3 is 6.18 Å². The molecule has 0 bridgehead atoms. The van der Waals surface area contributed by atoms with Crippen molar-refractivity contribution in [3.8, 4) is 0 Å². The highest BCUT2D eigenvalue weighted by Crippen LogP contribution is 2.44. The lowest BCUT2D eigenvalue weighted by molar-refractivity contribution is -0.393. The number of nitrogens with zero attached hydrogens (tertiary/aromatic N) is 4. The van der Waals surface area contributed by atoms with Crippen LogP contribution in [-0.4, -0.2) is 59.7 Å². The number of rotatable bonds is 5. The number of nitro benzene ring substituents is 2. The molecule has 2 fully saturated rings. The van der Waals surface area contributed by atoms with E-state index in [0.717, 1.165) is 19.6 Å². The first-order chi connectivity index (χ1) is 14.5. The predicted octanol–water partition coefficient (Wildman–Crippen LogP) is 3.85. The van der Waals surface area contributed by atoms with Crippen LogP contribution in [0.5, 0.6) is 0 Å². The summed E-state index contributed by atoms with van der Waals surface area (Å²) in [5.41, 5.74) is -3.54. The molecule has 3 rings (SSSR count). The second kappa shape index (κ2) is 8.95. The highest BCUT2D eigenvalue weighted by molar-refractivity contribution is 5.76. The summed E-state index contributed by atoms with van der Waals surface area (Å²) < 4.78 is 45.0. The van der Waals surface area contributed by atoms with E-state index in [4.69, 9.17) is 4.74 Å². The fourth-order valence-corrected chi connectivity index (χ4v) is 4.51. The van der Waals surface area contributed by atoms with Crippen molar-refractivity contribution >= 4 is 17.1 Å². The zero-order chi connectivity index (χ0) is 22.9. The molecule has 172 valence electrons. The van der Waals surface area contributed by atoms with E-state index in [0.29, 0.717) is 44.0 Å². The minimum atomic E-state index is -4.92. The highest BCUT2D eigenvalue weighted by atomic mass is 19.4. The second-order valence-corrected chi connectivity index (χ2v) is 8.28. The van der Waals surface area contributed by atoms with Crippen LogP contribution in [0.15, 0.2) is 12.1 Å². The first-order valence-corrected chi connectivity index (χ1v) is 10.1. The van der Waals surface area contributed by atoms with Crippen LogP contribution in [0.2, 0.25) is 0 Å². The third kappa shape index (κ3) is 5.42. The lowest BCUT2D eigenvalue weighted by Gasteiger charge is -2.39. The van der Waals surface area contributed by atoms with Crippen molar-refractivity contribution in [1.82, 2.24) is 4.90 Å². The standard InChI is InChI=1S/C19H25F3N4O5/c1-12-9-23(10-13(2)31-12)11-14-3-5-24(6-4-14)18-16(25(27)28)7-15(19(20,21)22)8-17(18)26(29)30/h7-8,12-14H,3-6,9-11H2,1-2H3. The van der Waals surface area contributed by atoms with E-state index in [9.17, 15) is 33.4 Å². The van der Waals surface area contributed by atoms with Gasteiger partial charge in [0, 0.05) is 44.9 Å². The van der Waals surface area contributed by atoms with Crippen molar-refractivity contribution in [2.24, 2.45) is 5.92 Å². The third-order valence-corrected chi connectivity index (χ3v) is 5.73. The molecule has 0 spiro atoms. The molecule has 2 atom stereocenters. The first-order valence-electron chi connectivity index (χ1n) is 10.1. The molecule has 0 amide bonds. The maximum Gasteiger partial charge on any atom is 0.416 e. The number of hydrogen-bond acceptors (Lipinski definition) is 7. The van der Waals surface area contributed by atoms with E-state index >= 15 is 0 Å². The fraction of sp³-hybridized carbons (Fsp3) is 0.684. The number of ether oxygens (including phenoxy) is 1. The first kappa shape index (κ1) is 23.2. The molecule has 1 aromatic carbocycles. The molecule has 2 saturated heterocycles. The average molecular weight is 446 g/mol. The van der Waals surface area contributed by atoms with Gasteiger partial charge in [0.25, 0.3) is 11.4 Å². The van der Waals surface area contributed by atoms with Gasteiger partial charge in [0.1, 0.15) is 0 Å². The molecule has 2 heterocycles. The molecule has 12 heteroatoms. The molecule has 2 unspecified atom stereocenters. The summed E-state index contributed by atoms with van der Waals surface area (Å²) in [6.45, 7) is 7.05. The van der Waals surface area contributed by atoms with Crippen LogP contribution < -0.4 is 4.90 Å². The quantitative estimate of drug-likeness (QED) is 0.500. The molecule has 2 aliphatic rings. The number of alkyl halides is 3. The molecule has 0 saturated carbocycles. The molecular formula is C19H25F3N4O5. The maximum atomic E-state index is 13.1. The van der Waals surface area contributed by atoms with E-state index in [1.165, 1.54) is 4.90 Å². The summed E-state index contributed by atoms with van der Waals surface area (Å²) in [4.78, 5) is 24.8. The van der Waals surface area contributed by atoms with E-state index < -0.39 is 33.0 Å². The Hall–Kier alpha value is -2.47. The Balaban J connectivity index is 1.79. The van der Waals surface area contributed by atoms with E-state index in [-0.39, 0.29) is 17.9 Å². The van der Waals surface area contributed by atoms with Crippen LogP contribution in [0.3, 0.4) is 0 Å². The summed E-state index contributed by atoms with van der Waals surface area (Å²) in [6, 6.07) is 0.760. The molecule has 0 aromatic heterocycles. The Kier molecular flexibility index (Phi) is 6.70. The number of morpholine rings is 1. The van der Waals surface area contributed by atoms with Crippen molar-refractivity contribution in [1.29, 1.82) is 0 Å². The molecule has 2 aliphatic heterocycles. The van der Waals surface area contributed by atoms with Gasteiger partial charge in [-0.15, -0.1) is 0 Å². The maximum absolute atomic E-state index is 13.1. The van der Waals surface area contributed by atoms with Gasteiger partial charge in [-0.05, 0) is 32.6 Å². The van der Waals surface area contributed by atoms with Gasteiger partial charge in [0.2, 0.25) is 0 Å². The summed E-state index contributed by atoms with van der Waals surface area (Å²) in [5.74, 6) is 0.293. The largest absolute Gasteiger partial charge is 0.416 e. The lowest BCUT2D eigenvalue weighted by Crippen LogP contribution is -2.48. The predicted molar refractivity (Wildman–Crippen MR) is 106 cm³/mol. The average Bonchev–Trinajstić information content (AvgIpc) is 2.66. The Morgan fingerprint density at radius 2 is 1.52 bits per heavy atom. The summed E-state index contributed by atoms with van der Waals surface area (Å²) >= 11 is 0. The Labute approximate surface area is 177 Å². The van der Waals surface area contributed by atoms with E-state index in [1.807, 2.05) is 13.8 Å². The number of hydrogen-bond donors (Lipinski definition) is 0. The molecular weight excluding hydrogens is 421 g/mol. The fourth-order valence-electron chi connectivity index (χ4n) is 4.51. The summed E-state index contributed by atoms with van der Waals surface area (Å²) in [7, 11) is 0. The third-order valence-electron chi connectivity index (χ3n) is 5.73. The van der Waals surface area contributed by atoms with Gasteiger partial charge < -0.3 is 9.64 Å². The van der Waals surface area contributed by atoms with Crippen molar-refractivity contribution in [3.63, 3.8) is 0 Å². The zero-order valence-corrected chi connectivity index (χ0v) is 17.3. The van der Waals surface area contributed by atoms with Crippen molar-refractivity contribution in [3.05, 3.63) is 37.9 Å². The minimum Gasteiger partial charge on any atom is -0.373 e. The van der Waals surface area contributed by atoms with Crippen molar-refractivity contribution < 1.29 is 27.8 Å². The molecule has 0 aliphatic carbocycles. The van der Waals surface area contributed by atoms with E-state index in [2.05, 4.69) is 4.90 Å². The number of nitro groups is 2. The molecule has 1 aromatic rings. The van der Waals surface area contributed by atoms with Gasteiger partial charge in [-0.3, -0.25) is 25.1 Å². The van der Waals surface area contributed by atoms with Gasteiger partial charge in [-0.1, -0.05) is 0 Å². The zero-order valence-electron chi connectivity index (χ0n) is 17.3. The smallest absolute Gasteiger partial charge is 0.373 e. The van der Waals surface area contributed by atoms with Gasteiger partial charge in [0.05, 0.1) is 27.6 Å². The number of benzene rings is 1. The molecule has 0 N–H and O–H groups in total. The molecule has 31 heavy (non-hydrogen) atoms. The second-order valence-electron chi connectivity index (χ2n) is 8.28.